The van der Waals surface area contributed by atoms with Crippen LogP contribution in [0.4, 0.5) is 15.8 Å². The summed E-state index contributed by atoms with van der Waals surface area (Å²) < 4.78 is 24.9. The van der Waals surface area contributed by atoms with Crippen molar-refractivity contribution in [2.75, 3.05) is 23.9 Å². The predicted molar refractivity (Wildman–Crippen MR) is 116 cm³/mol. The van der Waals surface area contributed by atoms with E-state index in [0.717, 1.165) is 16.4 Å². The first-order valence-electron chi connectivity index (χ1n) is 9.92. The lowest BCUT2D eigenvalue weighted by molar-refractivity contribution is -0.129. The summed E-state index contributed by atoms with van der Waals surface area (Å²) in [5, 5.41) is 4.48. The second-order valence-corrected chi connectivity index (χ2v) is 7.45. The summed E-state index contributed by atoms with van der Waals surface area (Å²) in [6.45, 7) is 0.363. The van der Waals surface area contributed by atoms with Crippen molar-refractivity contribution < 1.29 is 23.1 Å². The Morgan fingerprint density at radius 2 is 1.94 bits per heavy atom. The molecule has 5 rings (SSSR count). The van der Waals surface area contributed by atoms with Crippen molar-refractivity contribution in [3.63, 3.8) is 0 Å². The Hall–Kier alpha value is -3.87. The number of halogens is 1. The first-order valence-corrected chi connectivity index (χ1v) is 9.92. The second kappa shape index (κ2) is 7.43. The van der Waals surface area contributed by atoms with E-state index >= 15 is 0 Å². The Bertz CT molecular complexity index is 1330. The quantitative estimate of drug-likeness (QED) is 0.487. The van der Waals surface area contributed by atoms with E-state index < -0.39 is 17.6 Å². The number of hydrogen-bond acceptors (Lipinski definition) is 4. The fourth-order valence-electron chi connectivity index (χ4n) is 4.07. The molecule has 0 radical (unpaired) electrons. The molecule has 0 spiro atoms. The summed E-state index contributed by atoms with van der Waals surface area (Å²) in [7, 11) is 1.54. The maximum atomic E-state index is 13.4. The molecule has 0 unspecified atom stereocenters. The molecule has 0 bridgehead atoms. The summed E-state index contributed by atoms with van der Waals surface area (Å²) in [6.07, 6.45) is 0.349. The highest BCUT2D eigenvalue weighted by atomic mass is 19.1. The van der Waals surface area contributed by atoms with Crippen LogP contribution in [0.5, 0.6) is 5.75 Å². The predicted octanol–water partition coefficient (Wildman–Crippen LogP) is 4.73. The summed E-state index contributed by atoms with van der Waals surface area (Å²) in [6, 6.07) is 16.9. The van der Waals surface area contributed by atoms with Gasteiger partial charge < -0.3 is 19.4 Å². The van der Waals surface area contributed by atoms with Crippen LogP contribution in [0.15, 0.2) is 65.1 Å². The number of nitrogens with one attached hydrogen (secondary N) is 1. The molecule has 156 valence electrons. The molecule has 1 aliphatic heterocycles. The van der Waals surface area contributed by atoms with Crippen LogP contribution in [-0.4, -0.2) is 25.5 Å². The lowest BCUT2D eigenvalue weighted by atomic mass is 10.1. The number of fused-ring (bicyclic) bond motifs is 3. The number of nitrogens with zero attached hydrogens (tertiary/aromatic N) is 1. The normalized spacial score (nSPS) is 16.3. The number of rotatable bonds is 4. The van der Waals surface area contributed by atoms with E-state index in [9.17, 15) is 14.0 Å². The summed E-state index contributed by atoms with van der Waals surface area (Å²) >= 11 is 0. The lowest BCUT2D eigenvalue weighted by Crippen LogP contribution is -2.33. The van der Waals surface area contributed by atoms with Gasteiger partial charge in [-0.15, -0.1) is 0 Å². The third-order valence-electron chi connectivity index (χ3n) is 5.58. The highest BCUT2D eigenvalue weighted by molar-refractivity contribution is 6.15. The van der Waals surface area contributed by atoms with Gasteiger partial charge in [0.15, 0.2) is 0 Å². The number of ether oxygens (including phenoxy) is 1. The zero-order valence-electron chi connectivity index (χ0n) is 16.7. The number of benzene rings is 3. The van der Waals surface area contributed by atoms with Gasteiger partial charge in [0, 0.05) is 29.1 Å². The topological polar surface area (TPSA) is 71.8 Å². The van der Waals surface area contributed by atoms with Gasteiger partial charge in [-0.1, -0.05) is 24.3 Å². The molecule has 1 atom stereocenters. The van der Waals surface area contributed by atoms with Gasteiger partial charge in [0.25, 0.3) is 0 Å². The Balaban J connectivity index is 1.45. The monoisotopic (exact) mass is 418 g/mol. The fraction of sp³-hybridized carbons (Fsp3) is 0.167. The number of carbonyl (C=O) groups excluding carboxylic acids is 2. The molecule has 1 fully saturated rings. The van der Waals surface area contributed by atoms with Crippen LogP contribution < -0.4 is 15.0 Å². The molecule has 1 saturated heterocycles. The Morgan fingerprint density at radius 3 is 2.74 bits per heavy atom. The number of furan rings is 1. The maximum absolute atomic E-state index is 13.4. The van der Waals surface area contributed by atoms with Gasteiger partial charge in [-0.2, -0.15) is 0 Å². The molecule has 2 amide bonds. The Labute approximate surface area is 177 Å². The molecule has 1 N–H and O–H groups in total. The van der Waals surface area contributed by atoms with Gasteiger partial charge in [-0.3, -0.25) is 9.59 Å². The van der Waals surface area contributed by atoms with E-state index in [1.165, 1.54) is 18.2 Å². The number of carbonyl (C=O) groups is 2. The smallest absolute Gasteiger partial charge is 0.239 e. The molecule has 7 heteroatoms. The van der Waals surface area contributed by atoms with Crippen molar-refractivity contribution in [1.29, 1.82) is 0 Å². The molecule has 0 saturated carbocycles. The third-order valence-corrected chi connectivity index (χ3v) is 5.58. The minimum absolute atomic E-state index is 0.317. The molecule has 3 aromatic carbocycles. The summed E-state index contributed by atoms with van der Waals surface area (Å²) in [5.41, 5.74) is 2.26. The first-order chi connectivity index (χ1) is 15.0. The van der Waals surface area contributed by atoms with E-state index in [1.54, 1.807) is 24.1 Å². The van der Waals surface area contributed by atoms with E-state index in [4.69, 9.17) is 9.15 Å². The van der Waals surface area contributed by atoms with Crippen LogP contribution in [0.2, 0.25) is 0 Å². The van der Waals surface area contributed by atoms with Crippen LogP contribution in [0.1, 0.15) is 6.42 Å². The van der Waals surface area contributed by atoms with E-state index in [-0.39, 0.29) is 5.91 Å². The zero-order chi connectivity index (χ0) is 21.5. The molecular formula is C24H19FN2O4. The molecule has 1 aliphatic rings. The zero-order valence-corrected chi connectivity index (χ0v) is 16.7. The van der Waals surface area contributed by atoms with Crippen molar-refractivity contribution in [3.8, 4) is 5.75 Å². The van der Waals surface area contributed by atoms with Gasteiger partial charge in [-0.25, -0.2) is 4.39 Å². The first kappa shape index (κ1) is 19.1. The van der Waals surface area contributed by atoms with E-state index in [2.05, 4.69) is 5.32 Å². The van der Waals surface area contributed by atoms with Gasteiger partial charge in [0.1, 0.15) is 28.7 Å². The average molecular weight is 418 g/mol. The van der Waals surface area contributed by atoms with E-state index in [1.807, 2.05) is 30.3 Å². The maximum Gasteiger partial charge on any atom is 0.239 e. The summed E-state index contributed by atoms with van der Waals surface area (Å²) in [5.74, 6) is -1.58. The molecule has 0 aliphatic carbocycles. The number of amides is 2. The Kier molecular flexibility index (Phi) is 4.58. The molecule has 31 heavy (non-hydrogen) atoms. The number of hydrogen-bond donors (Lipinski definition) is 1. The lowest BCUT2D eigenvalue weighted by Gasteiger charge is -2.19. The van der Waals surface area contributed by atoms with Crippen molar-refractivity contribution in [1.82, 2.24) is 0 Å². The van der Waals surface area contributed by atoms with Gasteiger partial charge >= 0.3 is 0 Å². The van der Waals surface area contributed by atoms with Crippen molar-refractivity contribution in [2.45, 2.75) is 6.42 Å². The van der Waals surface area contributed by atoms with E-state index in [0.29, 0.717) is 35.7 Å². The van der Waals surface area contributed by atoms with Crippen molar-refractivity contribution in [2.24, 2.45) is 5.92 Å². The minimum atomic E-state index is -0.862. The highest BCUT2D eigenvalue weighted by Crippen LogP contribution is 2.40. The standard InChI is InChI=1S/C24H19FN2O4/c1-30-22-12-18-16-7-2-3-8-20(16)31-21(18)13-19(22)27-10-9-17(24(27)29)23(28)26-15-6-4-5-14(25)11-15/h2-8,11-13,17H,9-10H2,1H3,(H,26,28)/t17-/m0/s1. The van der Waals surface area contributed by atoms with Gasteiger partial charge in [-0.05, 0) is 36.8 Å². The molecular weight excluding hydrogens is 399 g/mol. The van der Waals surface area contributed by atoms with Crippen LogP contribution in [0, 0.1) is 11.7 Å². The fourth-order valence-corrected chi connectivity index (χ4v) is 4.07. The van der Waals surface area contributed by atoms with Crippen LogP contribution >= 0.6 is 0 Å². The average Bonchev–Trinajstić information content (AvgIpc) is 3.32. The van der Waals surface area contributed by atoms with Crippen molar-refractivity contribution in [3.05, 3.63) is 66.5 Å². The Morgan fingerprint density at radius 1 is 1.10 bits per heavy atom. The number of anilines is 2. The second-order valence-electron chi connectivity index (χ2n) is 7.45. The molecule has 6 nitrogen and oxygen atoms in total. The van der Waals surface area contributed by atoms with Crippen LogP contribution in [-0.2, 0) is 9.59 Å². The summed E-state index contributed by atoms with van der Waals surface area (Å²) in [4.78, 5) is 27.3. The molecule has 4 aromatic rings. The van der Waals surface area contributed by atoms with Crippen molar-refractivity contribution >= 4 is 45.1 Å². The highest BCUT2D eigenvalue weighted by Gasteiger charge is 2.39. The van der Waals surface area contributed by atoms with Crippen LogP contribution in [0.3, 0.4) is 0 Å². The van der Waals surface area contributed by atoms with Gasteiger partial charge in [0.2, 0.25) is 11.8 Å². The SMILES string of the molecule is COc1cc2c(cc1N1CC[C@@H](C(=O)Nc3cccc(F)c3)C1=O)oc1ccccc12. The number of para-hydroxylation sites is 1. The molecule has 2 heterocycles. The largest absolute Gasteiger partial charge is 0.495 e. The third kappa shape index (κ3) is 3.28. The van der Waals surface area contributed by atoms with Gasteiger partial charge in [0.05, 0.1) is 12.8 Å². The van der Waals surface area contributed by atoms with Crippen LogP contribution in [0.25, 0.3) is 21.9 Å². The minimum Gasteiger partial charge on any atom is -0.495 e. The number of methoxy groups -OCH3 is 1. The molecule has 1 aromatic heterocycles.